The Balaban J connectivity index is 1.40. The van der Waals surface area contributed by atoms with Crippen molar-refractivity contribution in [2.75, 3.05) is 75.4 Å². The monoisotopic (exact) mass is 519 g/mol. The topological polar surface area (TPSA) is 104 Å². The first-order chi connectivity index (χ1) is 17.2. The van der Waals surface area contributed by atoms with E-state index in [2.05, 4.69) is 0 Å². The number of nitrogens with zero attached hydrogens (tertiary/aromatic N) is 4. The molecule has 3 fully saturated rings. The number of hydrogen-bond acceptors (Lipinski definition) is 7. The fourth-order valence-electron chi connectivity index (χ4n) is 4.08. The average Bonchev–Trinajstić information content (AvgIpc) is 3.06. The number of carbonyl (C=O) groups is 3. The third-order valence-electron chi connectivity index (χ3n) is 5.88. The lowest BCUT2D eigenvalue weighted by atomic mass is 10.2. The number of morpholine rings is 1. The molecule has 15 heteroatoms. The second-order valence-electron chi connectivity index (χ2n) is 8.22. The molecule has 3 heterocycles. The minimum atomic E-state index is -3.22. The molecule has 0 aliphatic carbocycles. The highest BCUT2D eigenvalue weighted by Crippen LogP contribution is 2.31. The third-order valence-corrected chi connectivity index (χ3v) is 5.88. The van der Waals surface area contributed by atoms with Crippen LogP contribution in [0.2, 0.25) is 0 Å². The van der Waals surface area contributed by atoms with Crippen molar-refractivity contribution in [2.45, 2.75) is 12.5 Å². The number of cyclic esters (lactones) is 1. The Kier molecular flexibility index (Phi) is 7.98. The van der Waals surface area contributed by atoms with Crippen LogP contribution in [0, 0.1) is 11.6 Å². The van der Waals surface area contributed by atoms with E-state index in [1.54, 1.807) is 4.90 Å². The Bertz CT molecular complexity index is 973. The van der Waals surface area contributed by atoms with Crippen LogP contribution in [0.1, 0.15) is 0 Å². The van der Waals surface area contributed by atoms with Gasteiger partial charge in [-0.2, -0.15) is 8.78 Å². The second kappa shape index (κ2) is 11.2. The summed E-state index contributed by atoms with van der Waals surface area (Å²) in [6.07, 6.45) is -5.12. The van der Waals surface area contributed by atoms with E-state index in [1.807, 2.05) is 5.32 Å². The molecule has 4 rings (SSSR count). The maximum absolute atomic E-state index is 15.1. The molecule has 1 N–H and O–H groups in total. The largest absolute Gasteiger partial charge is 0.442 e. The summed E-state index contributed by atoms with van der Waals surface area (Å²) in [6, 6.07) is 1.58. The number of alkyl halides is 2. The molecule has 3 aliphatic heterocycles. The Labute approximate surface area is 203 Å². The summed E-state index contributed by atoms with van der Waals surface area (Å²) in [5.41, 5.74) is -0.465. The molecule has 198 valence electrons. The van der Waals surface area contributed by atoms with Crippen molar-refractivity contribution in [3.8, 4) is 0 Å². The average molecular weight is 519 g/mol. The van der Waals surface area contributed by atoms with Crippen LogP contribution in [-0.2, 0) is 19.1 Å². The van der Waals surface area contributed by atoms with E-state index in [0.29, 0.717) is 26.3 Å². The summed E-state index contributed by atoms with van der Waals surface area (Å²) in [5, 5.41) is 3.10. The van der Waals surface area contributed by atoms with Crippen LogP contribution >= 0.6 is 0 Å². The minimum absolute atomic E-state index is 0.0151. The first kappa shape index (κ1) is 25.8. The summed E-state index contributed by atoms with van der Waals surface area (Å²) < 4.78 is 65.0. The Morgan fingerprint density at radius 2 is 1.72 bits per heavy atom. The van der Waals surface area contributed by atoms with Crippen molar-refractivity contribution in [1.82, 2.24) is 15.3 Å². The van der Waals surface area contributed by atoms with Crippen molar-refractivity contribution in [3.05, 3.63) is 23.8 Å². The van der Waals surface area contributed by atoms with Crippen molar-refractivity contribution < 1.29 is 46.3 Å². The fraction of sp³-hybridized carbons (Fsp3) is 0.571. The van der Waals surface area contributed by atoms with Gasteiger partial charge in [0.2, 0.25) is 0 Å². The lowest BCUT2D eigenvalue weighted by molar-refractivity contribution is -0.132. The van der Waals surface area contributed by atoms with Gasteiger partial charge in [0.25, 0.3) is 5.91 Å². The lowest BCUT2D eigenvalue weighted by Crippen LogP contribution is -2.48. The standard InChI is InChI=1S/C21H25F4N5O6/c22-15-9-13(29-12-14(36-21(29)33)11-26-19(31)18(24)25)10-16(23)17(15)27-1-2-30(35-8-5-27)20(32)28-3-6-34-7-4-28/h9-10,14,18H,1-8,11-12H2,(H,26,31)/t14-/m0/s1. The van der Waals surface area contributed by atoms with Crippen LogP contribution in [0.25, 0.3) is 0 Å². The third kappa shape index (κ3) is 5.73. The van der Waals surface area contributed by atoms with Gasteiger partial charge in [0.05, 0.1) is 45.1 Å². The molecule has 0 bridgehead atoms. The molecule has 3 saturated heterocycles. The van der Waals surface area contributed by atoms with E-state index in [9.17, 15) is 23.2 Å². The molecule has 1 aromatic carbocycles. The molecule has 0 saturated carbocycles. The summed E-state index contributed by atoms with van der Waals surface area (Å²) in [5.74, 6) is -3.40. The van der Waals surface area contributed by atoms with E-state index in [1.165, 1.54) is 9.96 Å². The van der Waals surface area contributed by atoms with Gasteiger partial charge in [0.15, 0.2) is 11.6 Å². The van der Waals surface area contributed by atoms with Gasteiger partial charge in [-0.25, -0.2) is 23.4 Å². The zero-order chi connectivity index (χ0) is 25.8. The van der Waals surface area contributed by atoms with E-state index in [0.717, 1.165) is 17.0 Å². The zero-order valence-electron chi connectivity index (χ0n) is 19.1. The number of hydrogen-bond donors (Lipinski definition) is 1. The maximum Gasteiger partial charge on any atom is 0.414 e. The predicted molar refractivity (Wildman–Crippen MR) is 116 cm³/mol. The van der Waals surface area contributed by atoms with E-state index in [-0.39, 0.29) is 56.7 Å². The van der Waals surface area contributed by atoms with Crippen LogP contribution in [0.4, 0.5) is 38.5 Å². The summed E-state index contributed by atoms with van der Waals surface area (Å²) in [6.45, 7) is 1.41. The normalized spacial score (nSPS) is 21.0. The molecular formula is C21H25F4N5O6. The zero-order valence-corrected chi connectivity index (χ0v) is 19.1. The van der Waals surface area contributed by atoms with Crippen molar-refractivity contribution >= 4 is 29.4 Å². The number of halogens is 4. The number of ether oxygens (including phenoxy) is 2. The molecule has 36 heavy (non-hydrogen) atoms. The molecule has 3 aliphatic rings. The van der Waals surface area contributed by atoms with Gasteiger partial charge in [-0.3, -0.25) is 14.5 Å². The smallest absolute Gasteiger partial charge is 0.414 e. The second-order valence-corrected chi connectivity index (χ2v) is 8.22. The first-order valence-electron chi connectivity index (χ1n) is 11.3. The molecular weight excluding hydrogens is 494 g/mol. The Morgan fingerprint density at radius 1 is 1.03 bits per heavy atom. The van der Waals surface area contributed by atoms with Crippen LogP contribution in [0.5, 0.6) is 0 Å². The van der Waals surface area contributed by atoms with Gasteiger partial charge in [-0.1, -0.05) is 0 Å². The number of urea groups is 1. The molecule has 0 radical (unpaired) electrons. The van der Waals surface area contributed by atoms with Crippen LogP contribution in [0.3, 0.4) is 0 Å². The van der Waals surface area contributed by atoms with E-state index < -0.39 is 36.2 Å². The highest BCUT2D eigenvalue weighted by Gasteiger charge is 2.35. The number of benzene rings is 1. The number of carbonyl (C=O) groups excluding carboxylic acids is 3. The number of anilines is 2. The lowest BCUT2D eigenvalue weighted by Gasteiger charge is -2.31. The van der Waals surface area contributed by atoms with Crippen molar-refractivity contribution in [3.63, 3.8) is 0 Å². The number of rotatable bonds is 5. The molecule has 0 spiro atoms. The summed E-state index contributed by atoms with van der Waals surface area (Å²) in [7, 11) is 0. The molecule has 0 unspecified atom stereocenters. The summed E-state index contributed by atoms with van der Waals surface area (Å²) in [4.78, 5) is 45.3. The fourth-order valence-corrected chi connectivity index (χ4v) is 4.08. The Hall–Kier alpha value is -3.33. The number of nitrogens with one attached hydrogen (secondary N) is 1. The van der Waals surface area contributed by atoms with Crippen LogP contribution < -0.4 is 15.1 Å². The van der Waals surface area contributed by atoms with Gasteiger partial charge in [0.1, 0.15) is 11.8 Å². The minimum Gasteiger partial charge on any atom is -0.442 e. The van der Waals surface area contributed by atoms with Gasteiger partial charge >= 0.3 is 18.5 Å². The molecule has 1 aromatic rings. The van der Waals surface area contributed by atoms with E-state index in [4.69, 9.17) is 14.3 Å². The first-order valence-corrected chi connectivity index (χ1v) is 11.3. The van der Waals surface area contributed by atoms with Crippen molar-refractivity contribution in [2.24, 2.45) is 0 Å². The van der Waals surface area contributed by atoms with Crippen molar-refractivity contribution in [1.29, 1.82) is 0 Å². The van der Waals surface area contributed by atoms with Gasteiger partial charge in [-0.15, -0.1) is 0 Å². The predicted octanol–water partition coefficient (Wildman–Crippen LogP) is 1.18. The van der Waals surface area contributed by atoms with Gasteiger partial charge < -0.3 is 24.6 Å². The van der Waals surface area contributed by atoms with E-state index >= 15 is 8.78 Å². The molecule has 11 nitrogen and oxygen atoms in total. The number of amides is 4. The maximum atomic E-state index is 15.1. The molecule has 1 atom stereocenters. The van der Waals surface area contributed by atoms with Gasteiger partial charge in [-0.05, 0) is 0 Å². The van der Waals surface area contributed by atoms with Crippen LogP contribution in [0.15, 0.2) is 12.1 Å². The highest BCUT2D eigenvalue weighted by molar-refractivity contribution is 5.90. The molecule has 0 aromatic heterocycles. The SMILES string of the molecule is O=C(NC[C@H]1CN(c2cc(F)c(N3CCON(C(=O)N4CCOCC4)CC3)c(F)c2)C(=O)O1)C(F)F. The van der Waals surface area contributed by atoms with Gasteiger partial charge in [0, 0.05) is 38.3 Å². The quantitative estimate of drug-likeness (QED) is 0.583. The Morgan fingerprint density at radius 3 is 2.39 bits per heavy atom. The number of hydroxylamine groups is 2. The van der Waals surface area contributed by atoms with Crippen LogP contribution in [-0.4, -0.2) is 106 Å². The highest BCUT2D eigenvalue weighted by atomic mass is 19.3. The summed E-state index contributed by atoms with van der Waals surface area (Å²) >= 11 is 0. The molecule has 4 amide bonds.